The Hall–Kier alpha value is -5.08. The second-order valence-electron chi connectivity index (χ2n) is 16.3. The fourth-order valence-electron chi connectivity index (χ4n) is 8.23. The topological polar surface area (TPSA) is 95.6 Å². The first-order chi connectivity index (χ1) is 31.7. The summed E-state index contributed by atoms with van der Waals surface area (Å²) in [5.74, 6) is 0. The van der Waals surface area contributed by atoms with E-state index in [-0.39, 0.29) is 25.9 Å². The molecule has 10 heteroatoms. The maximum atomic E-state index is 7.00. The normalized spacial score (nSPS) is 26.2. The van der Waals surface area contributed by atoms with Gasteiger partial charge in [0.25, 0.3) is 0 Å². The molecule has 0 radical (unpaired) electrons. The molecule has 0 saturated carbocycles. The van der Waals surface area contributed by atoms with Crippen LogP contribution in [0.15, 0.2) is 182 Å². The van der Waals surface area contributed by atoms with Gasteiger partial charge in [0.05, 0.1) is 52.9 Å². The lowest BCUT2D eigenvalue weighted by Crippen LogP contribution is -2.62. The minimum atomic E-state index is -0.925. The molecule has 0 amide bonds. The smallest absolute Gasteiger partial charge is 0.187 e. The van der Waals surface area contributed by atoms with Crippen LogP contribution in [0.5, 0.6) is 0 Å². The van der Waals surface area contributed by atoms with Gasteiger partial charge in [0.1, 0.15) is 48.8 Å². The molecule has 3 aliphatic heterocycles. The molecule has 3 saturated heterocycles. The fraction of sp³-hybridized carbons (Fsp3) is 0.333. The van der Waals surface area contributed by atoms with Gasteiger partial charge < -0.3 is 47.4 Å². The average molecular weight is 865 g/mol. The van der Waals surface area contributed by atoms with Crippen LogP contribution in [0.3, 0.4) is 0 Å². The van der Waals surface area contributed by atoms with E-state index in [4.69, 9.17) is 47.4 Å². The number of ether oxygens (including phenoxy) is 10. The minimum absolute atomic E-state index is 0.0889. The summed E-state index contributed by atoms with van der Waals surface area (Å²) >= 11 is 0. The molecule has 0 spiro atoms. The van der Waals surface area contributed by atoms with Gasteiger partial charge in [-0.1, -0.05) is 182 Å². The Labute approximate surface area is 375 Å². The average Bonchev–Trinajstić information content (AvgIpc) is 4.14. The van der Waals surface area contributed by atoms with E-state index in [1.165, 1.54) is 0 Å². The molecule has 10 atom stereocenters. The van der Waals surface area contributed by atoms with E-state index < -0.39 is 55.3 Å². The van der Waals surface area contributed by atoms with Crippen LogP contribution in [0.1, 0.15) is 33.4 Å². The summed E-state index contributed by atoms with van der Waals surface area (Å²) in [7, 11) is 0. The summed E-state index contributed by atoms with van der Waals surface area (Å²) in [6, 6.07) is 60.6. The lowest BCUT2D eigenvalue weighted by Gasteiger charge is -2.46. The van der Waals surface area contributed by atoms with E-state index in [0.717, 1.165) is 33.4 Å². The van der Waals surface area contributed by atoms with Crippen molar-refractivity contribution in [3.8, 4) is 0 Å². The number of hydrogen-bond acceptors (Lipinski definition) is 10. The maximum absolute atomic E-state index is 7.00. The largest absolute Gasteiger partial charge is 0.374 e. The zero-order valence-corrected chi connectivity index (χ0v) is 35.8. The first-order valence-electron chi connectivity index (χ1n) is 22.2. The van der Waals surface area contributed by atoms with Crippen molar-refractivity contribution < 1.29 is 47.4 Å². The first kappa shape index (κ1) is 44.1. The molecule has 6 aromatic carbocycles. The number of fused-ring (bicyclic) bond motifs is 1. The van der Waals surface area contributed by atoms with Gasteiger partial charge in [0.2, 0.25) is 0 Å². The Morgan fingerprint density at radius 2 is 0.641 bits per heavy atom. The van der Waals surface area contributed by atoms with E-state index in [2.05, 4.69) is 0 Å². The highest BCUT2D eigenvalue weighted by molar-refractivity contribution is 5.18. The van der Waals surface area contributed by atoms with E-state index in [1.807, 2.05) is 182 Å². The number of hydrogen-bond donors (Lipinski definition) is 0. The Balaban J connectivity index is 1.01. The molecule has 3 aliphatic rings. The van der Waals surface area contributed by atoms with E-state index >= 15 is 0 Å². The van der Waals surface area contributed by atoms with Crippen molar-refractivity contribution in [1.29, 1.82) is 0 Å². The maximum Gasteiger partial charge on any atom is 0.187 e. The second-order valence-corrected chi connectivity index (χ2v) is 16.3. The van der Waals surface area contributed by atoms with Gasteiger partial charge in [-0.25, -0.2) is 0 Å². The second kappa shape index (κ2) is 22.7. The summed E-state index contributed by atoms with van der Waals surface area (Å²) in [5.41, 5.74) is 6.18. The Morgan fingerprint density at radius 1 is 0.297 bits per heavy atom. The van der Waals surface area contributed by atoms with E-state index in [0.29, 0.717) is 33.0 Å². The highest BCUT2D eigenvalue weighted by Gasteiger charge is 2.59. The van der Waals surface area contributed by atoms with Gasteiger partial charge in [-0.15, -0.1) is 0 Å². The van der Waals surface area contributed by atoms with Crippen molar-refractivity contribution in [3.63, 3.8) is 0 Å². The zero-order chi connectivity index (χ0) is 43.2. The molecule has 0 N–H and O–H groups in total. The summed E-state index contributed by atoms with van der Waals surface area (Å²) < 4.78 is 67.0. The molecule has 0 aliphatic carbocycles. The molecule has 10 nitrogen and oxygen atoms in total. The third-order valence-corrected chi connectivity index (χ3v) is 11.6. The number of epoxide rings is 1. The van der Waals surface area contributed by atoms with Crippen molar-refractivity contribution in [2.24, 2.45) is 0 Å². The molecule has 64 heavy (non-hydrogen) atoms. The van der Waals surface area contributed by atoms with Crippen molar-refractivity contribution in [2.75, 3.05) is 13.2 Å². The highest BCUT2D eigenvalue weighted by Crippen LogP contribution is 2.40. The van der Waals surface area contributed by atoms with Crippen LogP contribution in [-0.2, 0) is 87.0 Å². The third kappa shape index (κ3) is 12.2. The Bertz CT molecular complexity index is 2220. The van der Waals surface area contributed by atoms with Crippen LogP contribution in [0.25, 0.3) is 0 Å². The van der Waals surface area contributed by atoms with Gasteiger partial charge in [-0.3, -0.25) is 0 Å². The standard InChI is InChI=1S/C54H56O10/c1-7-19-39(20-8-1)31-55-37-45-47(56-32-40-21-9-2-10-22-40)49(58-34-42-25-13-4-14-26-42)51(60-36-44-29-17-6-18-30-44)53(62-45)61-38-46-48(57-33-41-23-11-3-12-24-41)50(52-54(63-46)64-52)59-35-43-27-15-5-16-28-43/h1-30,45-54H,31-38H2/t45-,46-,47-,48-,49+,50+,51-,52-,53-,54-/m1/s1. The molecular formula is C54H56O10. The summed E-state index contributed by atoms with van der Waals surface area (Å²) in [6.07, 6.45) is -5.75. The van der Waals surface area contributed by atoms with E-state index in [9.17, 15) is 0 Å². The molecule has 0 aromatic heterocycles. The predicted molar refractivity (Wildman–Crippen MR) is 239 cm³/mol. The SMILES string of the molecule is c1ccc(COC[C@H]2O[C@@H](OC[C@H]3O[C@@H]4O[C@@H]4[C@@H](OCc4ccccc4)[C@@H]3OCc3ccccc3)[C@H](OCc3ccccc3)[C@@H](OCc3ccccc3)[C@@H]2OCc2ccccc2)cc1. The molecule has 0 bridgehead atoms. The van der Waals surface area contributed by atoms with Crippen LogP contribution in [0.4, 0.5) is 0 Å². The summed E-state index contributed by atoms with van der Waals surface area (Å²) in [5, 5.41) is 0. The fourth-order valence-corrected chi connectivity index (χ4v) is 8.23. The van der Waals surface area contributed by atoms with Gasteiger partial charge >= 0.3 is 0 Å². The molecule has 0 unspecified atom stereocenters. The lowest BCUT2D eigenvalue weighted by atomic mass is 9.97. The molecular weight excluding hydrogens is 809 g/mol. The van der Waals surface area contributed by atoms with Crippen molar-refractivity contribution in [3.05, 3.63) is 215 Å². The van der Waals surface area contributed by atoms with Crippen LogP contribution < -0.4 is 0 Å². The molecule has 6 aromatic rings. The van der Waals surface area contributed by atoms with Crippen LogP contribution in [0, 0.1) is 0 Å². The molecule has 3 fully saturated rings. The van der Waals surface area contributed by atoms with Gasteiger partial charge in [0, 0.05) is 0 Å². The van der Waals surface area contributed by atoms with Crippen molar-refractivity contribution in [1.82, 2.24) is 0 Å². The number of rotatable bonds is 22. The lowest BCUT2D eigenvalue weighted by molar-refractivity contribution is -0.334. The van der Waals surface area contributed by atoms with Crippen molar-refractivity contribution in [2.45, 2.75) is 101 Å². The zero-order valence-electron chi connectivity index (χ0n) is 35.8. The minimum Gasteiger partial charge on any atom is -0.374 e. The van der Waals surface area contributed by atoms with Gasteiger partial charge in [-0.05, 0) is 33.4 Å². The van der Waals surface area contributed by atoms with Crippen molar-refractivity contribution >= 4 is 0 Å². The third-order valence-electron chi connectivity index (χ3n) is 11.6. The Kier molecular flexibility index (Phi) is 15.7. The van der Waals surface area contributed by atoms with Gasteiger partial charge in [0.15, 0.2) is 12.6 Å². The van der Waals surface area contributed by atoms with Crippen LogP contribution in [-0.4, -0.2) is 74.6 Å². The van der Waals surface area contributed by atoms with Crippen LogP contribution in [0.2, 0.25) is 0 Å². The first-order valence-corrected chi connectivity index (χ1v) is 22.2. The number of benzene rings is 6. The summed E-state index contributed by atoms with van der Waals surface area (Å²) in [4.78, 5) is 0. The quantitative estimate of drug-likeness (QED) is 0.0616. The highest BCUT2D eigenvalue weighted by atomic mass is 16.8. The Morgan fingerprint density at radius 3 is 1.08 bits per heavy atom. The summed E-state index contributed by atoms with van der Waals surface area (Å²) in [6.45, 7) is 2.37. The van der Waals surface area contributed by atoms with E-state index in [1.54, 1.807) is 0 Å². The van der Waals surface area contributed by atoms with Gasteiger partial charge in [-0.2, -0.15) is 0 Å². The molecule has 3 heterocycles. The predicted octanol–water partition coefficient (Wildman–Crippen LogP) is 9.00. The molecule has 9 rings (SSSR count). The monoisotopic (exact) mass is 864 g/mol. The molecule has 332 valence electrons. The van der Waals surface area contributed by atoms with Crippen LogP contribution >= 0.6 is 0 Å².